The molecule has 2 atom stereocenters. The molecule has 9 heteroatoms. The Hall–Kier alpha value is -3.17. The van der Waals surface area contributed by atoms with Crippen molar-refractivity contribution in [3.05, 3.63) is 65.7 Å². The fourth-order valence-corrected chi connectivity index (χ4v) is 4.29. The Kier molecular flexibility index (Phi) is 9.03. The Labute approximate surface area is 197 Å². The second kappa shape index (κ2) is 12.2. The maximum absolute atomic E-state index is 12.3. The molecule has 2 aromatic rings. The van der Waals surface area contributed by atoms with Gasteiger partial charge in [-0.3, -0.25) is 24.5 Å². The van der Waals surface area contributed by atoms with Crippen molar-refractivity contribution in [2.75, 3.05) is 17.6 Å². The monoisotopic (exact) mass is 468 g/mol. The highest BCUT2D eigenvalue weighted by atomic mass is 32.2. The van der Waals surface area contributed by atoms with Crippen LogP contribution in [0.1, 0.15) is 35.7 Å². The predicted octanol–water partition coefficient (Wildman–Crippen LogP) is 2.07. The predicted molar refractivity (Wildman–Crippen MR) is 129 cm³/mol. The molecule has 1 aliphatic rings. The van der Waals surface area contributed by atoms with E-state index in [9.17, 15) is 19.2 Å². The largest absolute Gasteiger partial charge is 0.356 e. The van der Waals surface area contributed by atoms with Gasteiger partial charge in [-0.15, -0.1) is 11.8 Å². The van der Waals surface area contributed by atoms with Crippen molar-refractivity contribution in [3.8, 4) is 0 Å². The number of rotatable bonds is 10. The van der Waals surface area contributed by atoms with E-state index in [2.05, 4.69) is 21.3 Å². The molecular formula is C24H28N4O4S. The first-order valence-corrected chi connectivity index (χ1v) is 11.8. The van der Waals surface area contributed by atoms with Gasteiger partial charge >= 0.3 is 0 Å². The minimum Gasteiger partial charge on any atom is -0.356 e. The van der Waals surface area contributed by atoms with Crippen molar-refractivity contribution >= 4 is 41.0 Å². The number of hydrogen-bond acceptors (Lipinski definition) is 6. The summed E-state index contributed by atoms with van der Waals surface area (Å²) in [4.78, 5) is 47.9. The van der Waals surface area contributed by atoms with Crippen molar-refractivity contribution < 1.29 is 19.2 Å². The van der Waals surface area contributed by atoms with E-state index >= 15 is 0 Å². The van der Waals surface area contributed by atoms with E-state index in [1.54, 1.807) is 24.3 Å². The smallest absolute Gasteiger partial charge is 0.234 e. The lowest BCUT2D eigenvalue weighted by Crippen LogP contribution is -2.56. The fourth-order valence-electron chi connectivity index (χ4n) is 3.40. The van der Waals surface area contributed by atoms with Crippen molar-refractivity contribution in [2.24, 2.45) is 0 Å². The van der Waals surface area contributed by atoms with E-state index in [1.807, 2.05) is 30.3 Å². The number of anilines is 1. The van der Waals surface area contributed by atoms with Gasteiger partial charge in [0.1, 0.15) is 5.50 Å². The van der Waals surface area contributed by atoms with Crippen LogP contribution in [0.4, 0.5) is 5.69 Å². The Morgan fingerprint density at radius 2 is 1.76 bits per heavy atom. The van der Waals surface area contributed by atoms with Crippen molar-refractivity contribution in [1.29, 1.82) is 0 Å². The molecule has 2 aromatic carbocycles. The topological polar surface area (TPSA) is 116 Å². The molecule has 8 nitrogen and oxygen atoms in total. The van der Waals surface area contributed by atoms with Gasteiger partial charge in [-0.25, -0.2) is 0 Å². The number of thioether (sulfide) groups is 1. The number of amides is 3. The van der Waals surface area contributed by atoms with E-state index in [4.69, 9.17) is 0 Å². The van der Waals surface area contributed by atoms with Crippen molar-refractivity contribution in [2.45, 2.75) is 37.7 Å². The molecule has 0 saturated carbocycles. The van der Waals surface area contributed by atoms with E-state index in [1.165, 1.54) is 18.7 Å². The Balaban J connectivity index is 1.39. The zero-order chi connectivity index (χ0) is 23.6. The molecule has 0 spiro atoms. The lowest BCUT2D eigenvalue weighted by atomic mass is 10.1. The van der Waals surface area contributed by atoms with Crippen LogP contribution in [0.3, 0.4) is 0 Å². The lowest BCUT2D eigenvalue weighted by molar-refractivity contribution is -0.125. The molecule has 1 fully saturated rings. The van der Waals surface area contributed by atoms with Crippen LogP contribution in [0.2, 0.25) is 0 Å². The number of hydrogen-bond donors (Lipinski definition) is 4. The van der Waals surface area contributed by atoms with Gasteiger partial charge in [-0.2, -0.15) is 0 Å². The Morgan fingerprint density at radius 1 is 1.03 bits per heavy atom. The number of carbonyl (C=O) groups excluding carboxylic acids is 4. The lowest BCUT2D eigenvalue weighted by Gasteiger charge is -2.30. The summed E-state index contributed by atoms with van der Waals surface area (Å²) in [6, 6.07) is 16.3. The Bertz CT molecular complexity index is 982. The van der Waals surface area contributed by atoms with Gasteiger partial charge in [-0.1, -0.05) is 30.3 Å². The number of ketones is 1. The van der Waals surface area contributed by atoms with Crippen LogP contribution in [0.15, 0.2) is 54.6 Å². The van der Waals surface area contributed by atoms with Gasteiger partial charge in [0.05, 0.1) is 5.75 Å². The highest BCUT2D eigenvalue weighted by Crippen LogP contribution is 2.15. The molecular weight excluding hydrogens is 440 g/mol. The summed E-state index contributed by atoms with van der Waals surface area (Å²) in [6.07, 6.45) is 1.14. The molecule has 0 aromatic heterocycles. The zero-order valence-electron chi connectivity index (χ0n) is 18.4. The van der Waals surface area contributed by atoms with E-state index in [0.717, 1.165) is 12.0 Å². The highest BCUT2D eigenvalue weighted by Gasteiger charge is 2.28. The average Bonchev–Trinajstić information content (AvgIpc) is 2.78. The van der Waals surface area contributed by atoms with Crippen molar-refractivity contribution in [1.82, 2.24) is 16.0 Å². The molecule has 3 amide bonds. The molecule has 1 saturated heterocycles. The summed E-state index contributed by atoms with van der Waals surface area (Å²) < 4.78 is 0. The van der Waals surface area contributed by atoms with Crippen LogP contribution in [0, 0.1) is 0 Å². The van der Waals surface area contributed by atoms with Crippen LogP contribution in [-0.4, -0.2) is 47.3 Å². The molecule has 2 unspecified atom stereocenters. The van der Waals surface area contributed by atoms with Crippen LogP contribution in [-0.2, 0) is 20.8 Å². The minimum absolute atomic E-state index is 0.0398. The third kappa shape index (κ3) is 8.36. The van der Waals surface area contributed by atoms with Gasteiger partial charge in [0.25, 0.3) is 0 Å². The maximum Gasteiger partial charge on any atom is 0.234 e. The summed E-state index contributed by atoms with van der Waals surface area (Å²) in [5.74, 6) is -0.431. The normalized spacial score (nSPS) is 17.7. The second-order valence-corrected chi connectivity index (χ2v) is 8.89. The maximum atomic E-state index is 12.3. The van der Waals surface area contributed by atoms with E-state index in [-0.39, 0.29) is 48.1 Å². The molecule has 1 aliphatic heterocycles. The standard InChI is InChI=1S/C24H28N4O4S/c1-16(29)18-7-9-19(10-8-18)26-23(32)15-33-24-27-20(14-22(31)28-24)13-21(30)25-12-11-17-5-3-2-4-6-17/h2-10,20,24,27H,11-15H2,1H3,(H,25,30)(H,26,32)(H,28,31). The second-order valence-electron chi connectivity index (χ2n) is 7.80. The first-order valence-electron chi connectivity index (χ1n) is 10.8. The number of carbonyl (C=O) groups is 4. The van der Waals surface area contributed by atoms with Crippen LogP contribution < -0.4 is 21.3 Å². The molecule has 174 valence electrons. The van der Waals surface area contributed by atoms with Crippen LogP contribution in [0.25, 0.3) is 0 Å². The molecule has 1 heterocycles. The molecule has 0 aliphatic carbocycles. The minimum atomic E-state index is -0.459. The zero-order valence-corrected chi connectivity index (χ0v) is 19.2. The first kappa shape index (κ1) is 24.5. The quantitative estimate of drug-likeness (QED) is 0.397. The Morgan fingerprint density at radius 3 is 2.45 bits per heavy atom. The summed E-state index contributed by atoms with van der Waals surface area (Å²) >= 11 is 1.24. The molecule has 0 bridgehead atoms. The third-order valence-electron chi connectivity index (χ3n) is 5.08. The first-order chi connectivity index (χ1) is 15.9. The summed E-state index contributed by atoms with van der Waals surface area (Å²) in [7, 11) is 0. The van der Waals surface area contributed by atoms with Gasteiger partial charge in [-0.05, 0) is 43.2 Å². The van der Waals surface area contributed by atoms with Gasteiger partial charge in [0.2, 0.25) is 17.7 Å². The SMILES string of the molecule is CC(=O)c1ccc(NC(=O)CSC2NC(=O)CC(CC(=O)NCCc3ccccc3)N2)cc1. The number of Topliss-reactive ketones (excluding diaryl/α,β-unsaturated/α-hetero) is 1. The summed E-state index contributed by atoms with van der Waals surface area (Å²) in [5, 5.41) is 11.7. The van der Waals surface area contributed by atoms with E-state index in [0.29, 0.717) is 17.8 Å². The van der Waals surface area contributed by atoms with Gasteiger partial charge in [0.15, 0.2) is 5.78 Å². The van der Waals surface area contributed by atoms with Crippen molar-refractivity contribution in [3.63, 3.8) is 0 Å². The third-order valence-corrected chi connectivity index (χ3v) is 6.09. The van der Waals surface area contributed by atoms with Crippen LogP contribution >= 0.6 is 11.8 Å². The molecule has 0 radical (unpaired) electrons. The highest BCUT2D eigenvalue weighted by molar-refractivity contribution is 8.00. The van der Waals surface area contributed by atoms with Gasteiger partial charge in [0, 0.05) is 36.7 Å². The molecule has 33 heavy (non-hydrogen) atoms. The summed E-state index contributed by atoms with van der Waals surface area (Å²) in [5.41, 5.74) is 1.86. The molecule has 3 rings (SSSR count). The summed E-state index contributed by atoms with van der Waals surface area (Å²) in [6.45, 7) is 2.02. The van der Waals surface area contributed by atoms with Crippen LogP contribution in [0.5, 0.6) is 0 Å². The number of benzene rings is 2. The average molecular weight is 469 g/mol. The van der Waals surface area contributed by atoms with Gasteiger partial charge < -0.3 is 16.0 Å². The molecule has 4 N–H and O–H groups in total. The van der Waals surface area contributed by atoms with E-state index < -0.39 is 5.50 Å². The number of nitrogens with one attached hydrogen (secondary N) is 4. The fraction of sp³-hybridized carbons (Fsp3) is 0.333.